The molecule has 1 aromatic heterocycles. The summed E-state index contributed by atoms with van der Waals surface area (Å²) in [6.45, 7) is 4.17. The highest BCUT2D eigenvalue weighted by Crippen LogP contribution is 2.24. The lowest BCUT2D eigenvalue weighted by Crippen LogP contribution is -2.42. The zero-order valence-electron chi connectivity index (χ0n) is 16.3. The molecule has 0 unspecified atom stereocenters. The second-order valence-corrected chi connectivity index (χ2v) is 7.76. The van der Waals surface area contributed by atoms with Crippen LogP contribution >= 0.6 is 11.6 Å². The van der Waals surface area contributed by atoms with E-state index in [0.717, 1.165) is 17.8 Å². The van der Waals surface area contributed by atoms with Crippen LogP contribution in [0.3, 0.4) is 0 Å². The molecule has 1 aromatic carbocycles. The quantitative estimate of drug-likeness (QED) is 0.754. The zero-order chi connectivity index (χ0) is 20.4. The molecule has 2 aromatic rings. The lowest BCUT2D eigenvalue weighted by molar-refractivity contribution is -0.130. The number of anilines is 1. The molecule has 2 saturated heterocycles. The number of carbonyl (C=O) groups is 2. The molecular formula is C21H23ClN4O3. The number of nitrogens with zero attached hydrogens (tertiary/aromatic N) is 4. The van der Waals surface area contributed by atoms with Gasteiger partial charge in [-0.2, -0.15) is 0 Å². The van der Waals surface area contributed by atoms with Gasteiger partial charge < -0.3 is 14.5 Å². The Hall–Kier alpha value is -2.80. The number of aromatic nitrogens is 1. The molecule has 4 rings (SSSR count). The van der Waals surface area contributed by atoms with Crippen molar-refractivity contribution in [2.24, 2.45) is 0 Å². The number of likely N-dealkylation sites (tertiary alicyclic amines) is 1. The molecule has 1 atom stereocenters. The molecule has 2 fully saturated rings. The summed E-state index contributed by atoms with van der Waals surface area (Å²) >= 11 is 6.03. The van der Waals surface area contributed by atoms with E-state index >= 15 is 0 Å². The molecule has 0 spiro atoms. The van der Waals surface area contributed by atoms with Gasteiger partial charge in [-0.1, -0.05) is 23.7 Å². The van der Waals surface area contributed by atoms with Gasteiger partial charge in [0.05, 0.1) is 6.54 Å². The van der Waals surface area contributed by atoms with Crippen molar-refractivity contribution in [1.82, 2.24) is 14.8 Å². The maximum Gasteiger partial charge on any atom is 0.325 e. The van der Waals surface area contributed by atoms with Gasteiger partial charge in [-0.3, -0.25) is 9.69 Å². The summed E-state index contributed by atoms with van der Waals surface area (Å²) < 4.78 is 5.91. The molecule has 152 valence electrons. The fraction of sp³-hybridized carbons (Fsp3) is 0.381. The number of benzene rings is 1. The number of carbonyl (C=O) groups excluding carboxylic acids is 2. The third-order valence-corrected chi connectivity index (χ3v) is 5.42. The number of amides is 3. The largest absolute Gasteiger partial charge is 0.472 e. The van der Waals surface area contributed by atoms with Gasteiger partial charge in [0.1, 0.15) is 12.6 Å². The van der Waals surface area contributed by atoms with Crippen LogP contribution in [0.25, 0.3) is 0 Å². The third-order valence-electron chi connectivity index (χ3n) is 5.19. The van der Waals surface area contributed by atoms with Crippen LogP contribution in [0.15, 0.2) is 42.5 Å². The summed E-state index contributed by atoms with van der Waals surface area (Å²) in [6, 6.07) is 12.7. The highest BCUT2D eigenvalue weighted by Gasteiger charge is 2.34. The average Bonchev–Trinajstić information content (AvgIpc) is 3.29. The van der Waals surface area contributed by atoms with Crippen molar-refractivity contribution >= 4 is 29.2 Å². The first-order valence-electron chi connectivity index (χ1n) is 9.70. The normalized spacial score (nSPS) is 19.2. The van der Waals surface area contributed by atoms with E-state index < -0.39 is 0 Å². The molecule has 0 N–H and O–H groups in total. The van der Waals surface area contributed by atoms with Crippen molar-refractivity contribution < 1.29 is 14.3 Å². The number of hydrogen-bond donors (Lipinski definition) is 0. The van der Waals surface area contributed by atoms with E-state index in [1.165, 1.54) is 0 Å². The van der Waals surface area contributed by atoms with E-state index in [0.29, 0.717) is 37.1 Å². The number of rotatable bonds is 5. The van der Waals surface area contributed by atoms with Crippen molar-refractivity contribution in [3.05, 3.63) is 53.2 Å². The molecule has 3 heterocycles. The van der Waals surface area contributed by atoms with Crippen LogP contribution in [0.4, 0.5) is 10.5 Å². The first kappa shape index (κ1) is 19.5. The summed E-state index contributed by atoms with van der Waals surface area (Å²) in [5.41, 5.74) is 1.64. The first-order valence-corrected chi connectivity index (χ1v) is 10.1. The van der Waals surface area contributed by atoms with E-state index in [-0.39, 0.29) is 24.6 Å². The van der Waals surface area contributed by atoms with Gasteiger partial charge in [0.25, 0.3) is 0 Å². The highest BCUT2D eigenvalue weighted by atomic mass is 35.5. The molecule has 3 amide bonds. The summed E-state index contributed by atoms with van der Waals surface area (Å²) in [4.78, 5) is 34.8. The predicted molar refractivity (Wildman–Crippen MR) is 110 cm³/mol. The lowest BCUT2D eigenvalue weighted by Gasteiger charge is -2.22. The smallest absolute Gasteiger partial charge is 0.325 e. The summed E-state index contributed by atoms with van der Waals surface area (Å²) in [7, 11) is 0. The number of urea groups is 1. The predicted octanol–water partition coefficient (Wildman–Crippen LogP) is 2.97. The maximum absolute atomic E-state index is 12.7. The Morgan fingerprint density at radius 1 is 1.21 bits per heavy atom. The SMILES string of the molecule is Cc1cccc(O[C@@H]2CCN(C(=O)CN3CCN(c4cccc(Cl)c4)C3=O)C2)n1. The molecule has 7 nitrogen and oxygen atoms in total. The molecule has 8 heteroatoms. The van der Waals surface area contributed by atoms with Crippen LogP contribution in [0, 0.1) is 6.92 Å². The number of ether oxygens (including phenoxy) is 1. The van der Waals surface area contributed by atoms with Crippen molar-refractivity contribution in [2.75, 3.05) is 37.6 Å². The molecule has 0 bridgehead atoms. The van der Waals surface area contributed by atoms with Crippen LogP contribution in [0.1, 0.15) is 12.1 Å². The second kappa shape index (κ2) is 8.29. The first-order chi connectivity index (χ1) is 14.0. The van der Waals surface area contributed by atoms with E-state index in [1.807, 2.05) is 37.3 Å². The molecule has 0 aliphatic carbocycles. The minimum absolute atomic E-state index is 0.0606. The topological polar surface area (TPSA) is 66.0 Å². The van der Waals surface area contributed by atoms with Gasteiger partial charge >= 0.3 is 6.03 Å². The molecule has 2 aliphatic heterocycles. The van der Waals surface area contributed by atoms with Gasteiger partial charge in [-0.25, -0.2) is 9.78 Å². The summed E-state index contributed by atoms with van der Waals surface area (Å²) in [5, 5.41) is 0.580. The number of pyridine rings is 1. The highest BCUT2D eigenvalue weighted by molar-refractivity contribution is 6.30. The van der Waals surface area contributed by atoms with Gasteiger partial charge in [0.15, 0.2) is 0 Å². The number of hydrogen-bond acceptors (Lipinski definition) is 4. The van der Waals surface area contributed by atoms with Crippen LogP contribution in [0.2, 0.25) is 5.02 Å². The van der Waals surface area contributed by atoms with E-state index in [4.69, 9.17) is 16.3 Å². The number of halogens is 1. The van der Waals surface area contributed by atoms with Crippen molar-refractivity contribution in [3.8, 4) is 5.88 Å². The van der Waals surface area contributed by atoms with Gasteiger partial charge in [0, 0.05) is 48.5 Å². The summed E-state index contributed by atoms with van der Waals surface area (Å²) in [5.74, 6) is 0.519. The fourth-order valence-corrected chi connectivity index (χ4v) is 3.87. The van der Waals surface area contributed by atoms with E-state index in [2.05, 4.69) is 4.98 Å². The van der Waals surface area contributed by atoms with Crippen LogP contribution in [0.5, 0.6) is 5.88 Å². The fourth-order valence-electron chi connectivity index (χ4n) is 3.68. The van der Waals surface area contributed by atoms with Gasteiger partial charge in [-0.15, -0.1) is 0 Å². The Labute approximate surface area is 174 Å². The van der Waals surface area contributed by atoms with Gasteiger partial charge in [-0.05, 0) is 31.2 Å². The second-order valence-electron chi connectivity index (χ2n) is 7.32. The zero-order valence-corrected chi connectivity index (χ0v) is 17.0. The summed E-state index contributed by atoms with van der Waals surface area (Å²) in [6.07, 6.45) is 0.676. The average molecular weight is 415 g/mol. The minimum atomic E-state index is -0.170. The lowest BCUT2D eigenvalue weighted by atomic mass is 10.3. The molecule has 0 saturated carbocycles. The monoisotopic (exact) mass is 414 g/mol. The molecular weight excluding hydrogens is 392 g/mol. The Bertz CT molecular complexity index is 922. The van der Waals surface area contributed by atoms with Crippen LogP contribution < -0.4 is 9.64 Å². The molecule has 29 heavy (non-hydrogen) atoms. The Kier molecular flexibility index (Phi) is 5.58. The standard InChI is InChI=1S/C21H23ClN4O3/c1-15-4-2-7-19(23-15)29-18-8-9-24(13-18)20(27)14-25-10-11-26(21(25)28)17-6-3-5-16(22)12-17/h2-7,12,18H,8-11,13-14H2,1H3/t18-/m1/s1. The van der Waals surface area contributed by atoms with Crippen molar-refractivity contribution in [3.63, 3.8) is 0 Å². The molecule has 2 aliphatic rings. The van der Waals surface area contributed by atoms with Gasteiger partial charge in [0.2, 0.25) is 11.8 Å². The van der Waals surface area contributed by atoms with E-state index in [1.54, 1.807) is 26.8 Å². The molecule has 0 radical (unpaired) electrons. The van der Waals surface area contributed by atoms with Crippen molar-refractivity contribution in [1.29, 1.82) is 0 Å². The van der Waals surface area contributed by atoms with Crippen LogP contribution in [-0.4, -0.2) is 65.5 Å². The van der Waals surface area contributed by atoms with Crippen molar-refractivity contribution in [2.45, 2.75) is 19.4 Å². The Morgan fingerprint density at radius 3 is 2.83 bits per heavy atom. The Balaban J connectivity index is 1.31. The maximum atomic E-state index is 12.7. The third kappa shape index (κ3) is 4.45. The Morgan fingerprint density at radius 2 is 2.03 bits per heavy atom. The van der Waals surface area contributed by atoms with Crippen LogP contribution in [-0.2, 0) is 4.79 Å². The minimum Gasteiger partial charge on any atom is -0.472 e. The number of aryl methyl sites for hydroxylation is 1. The van der Waals surface area contributed by atoms with E-state index in [9.17, 15) is 9.59 Å².